The molecule has 0 aromatic carbocycles. The van der Waals surface area contributed by atoms with E-state index in [1.807, 2.05) is 11.3 Å². The molecule has 0 spiro atoms. The smallest absolute Gasteiger partial charge is 0.185 e. The first kappa shape index (κ1) is 13.3. The Kier molecular flexibility index (Phi) is 4.05. The molecule has 0 radical (unpaired) electrons. The van der Waals surface area contributed by atoms with Crippen LogP contribution < -0.4 is 10.2 Å². The summed E-state index contributed by atoms with van der Waals surface area (Å²) >= 11 is 1.84. The highest BCUT2D eigenvalue weighted by Gasteiger charge is 2.25. The number of ether oxygens (including phenoxy) is 1. The summed E-state index contributed by atoms with van der Waals surface area (Å²) < 4.78 is 5.29. The minimum absolute atomic E-state index is 0.627. The molecule has 3 rings (SSSR count). The zero-order valence-electron chi connectivity index (χ0n) is 11.8. The Hall–Kier alpha value is -0.650. The Balaban J connectivity index is 1.70. The average Bonchev–Trinajstić information content (AvgIpc) is 2.99. The fourth-order valence-corrected chi connectivity index (χ4v) is 3.57. The van der Waals surface area contributed by atoms with Crippen LogP contribution in [0.5, 0.6) is 0 Å². The Morgan fingerprint density at radius 3 is 2.89 bits per heavy atom. The summed E-state index contributed by atoms with van der Waals surface area (Å²) in [5.74, 6) is 0.794. The van der Waals surface area contributed by atoms with Gasteiger partial charge in [0.25, 0.3) is 0 Å². The quantitative estimate of drug-likeness (QED) is 0.869. The molecule has 1 saturated carbocycles. The molecular weight excluding hydrogens is 258 g/mol. The number of nitrogens with zero attached hydrogens (tertiary/aromatic N) is 2. The molecule has 1 aromatic heterocycles. The minimum Gasteiger partial charge on any atom is -0.378 e. The standard InChI is InChI=1S/C14H23N3OS/c1-10-5-6-17(8-10)14-16-12(9-18-2)13(19-14)7-15-11-3-4-11/h10-11,15H,3-9H2,1-2H3. The SMILES string of the molecule is COCc1nc(N2CCC(C)C2)sc1CNC1CC1. The van der Waals surface area contributed by atoms with Gasteiger partial charge in [-0.25, -0.2) is 4.98 Å². The van der Waals surface area contributed by atoms with E-state index in [-0.39, 0.29) is 0 Å². The third-order valence-corrected chi connectivity index (χ3v) is 5.03. The van der Waals surface area contributed by atoms with Gasteiger partial charge in [0, 0.05) is 37.7 Å². The molecule has 2 fully saturated rings. The number of hydrogen-bond donors (Lipinski definition) is 1. The molecule has 1 aliphatic carbocycles. The van der Waals surface area contributed by atoms with Gasteiger partial charge in [0.2, 0.25) is 0 Å². The third-order valence-electron chi connectivity index (χ3n) is 3.87. The normalized spacial score (nSPS) is 23.3. The Morgan fingerprint density at radius 2 is 2.26 bits per heavy atom. The van der Waals surface area contributed by atoms with Crippen LogP contribution in [0.25, 0.3) is 0 Å². The summed E-state index contributed by atoms with van der Waals surface area (Å²) in [7, 11) is 1.75. The van der Waals surface area contributed by atoms with E-state index in [0.29, 0.717) is 6.61 Å². The maximum absolute atomic E-state index is 5.29. The largest absolute Gasteiger partial charge is 0.378 e. The number of anilines is 1. The van der Waals surface area contributed by atoms with Gasteiger partial charge in [-0.3, -0.25) is 0 Å². The van der Waals surface area contributed by atoms with Crippen molar-refractivity contribution >= 4 is 16.5 Å². The lowest BCUT2D eigenvalue weighted by Crippen LogP contribution is -2.18. The van der Waals surface area contributed by atoms with Crippen molar-refractivity contribution in [1.82, 2.24) is 10.3 Å². The first-order valence-electron chi connectivity index (χ1n) is 7.22. The number of aromatic nitrogens is 1. The second-order valence-electron chi connectivity index (χ2n) is 5.79. The van der Waals surface area contributed by atoms with Gasteiger partial charge in [0.15, 0.2) is 5.13 Å². The van der Waals surface area contributed by atoms with Gasteiger partial charge >= 0.3 is 0 Å². The van der Waals surface area contributed by atoms with Crippen molar-refractivity contribution < 1.29 is 4.74 Å². The van der Waals surface area contributed by atoms with Crippen LogP contribution in [0.2, 0.25) is 0 Å². The fraction of sp³-hybridized carbons (Fsp3) is 0.786. The second kappa shape index (κ2) is 5.77. The van der Waals surface area contributed by atoms with E-state index in [2.05, 4.69) is 17.1 Å². The summed E-state index contributed by atoms with van der Waals surface area (Å²) in [5, 5.41) is 4.76. The van der Waals surface area contributed by atoms with E-state index in [9.17, 15) is 0 Å². The van der Waals surface area contributed by atoms with E-state index >= 15 is 0 Å². The van der Waals surface area contributed by atoms with Gasteiger partial charge in [-0.2, -0.15) is 0 Å². The summed E-state index contributed by atoms with van der Waals surface area (Å²) in [5.41, 5.74) is 1.12. The summed E-state index contributed by atoms with van der Waals surface area (Å²) in [6, 6.07) is 0.743. The topological polar surface area (TPSA) is 37.4 Å². The number of hydrogen-bond acceptors (Lipinski definition) is 5. The van der Waals surface area contributed by atoms with Crippen molar-refractivity contribution in [2.75, 3.05) is 25.1 Å². The molecule has 1 N–H and O–H groups in total. The van der Waals surface area contributed by atoms with Crippen molar-refractivity contribution in [3.8, 4) is 0 Å². The lowest BCUT2D eigenvalue weighted by Gasteiger charge is -2.13. The maximum atomic E-state index is 5.29. The van der Waals surface area contributed by atoms with Crippen LogP contribution in [-0.2, 0) is 17.9 Å². The summed E-state index contributed by atoms with van der Waals surface area (Å²) in [6.45, 7) is 6.19. The van der Waals surface area contributed by atoms with E-state index in [1.54, 1.807) is 7.11 Å². The van der Waals surface area contributed by atoms with E-state index < -0.39 is 0 Å². The Bertz CT molecular complexity index is 430. The Labute approximate surface area is 119 Å². The highest BCUT2D eigenvalue weighted by molar-refractivity contribution is 7.15. The molecule has 2 aliphatic rings. The molecule has 2 heterocycles. The molecule has 0 amide bonds. The van der Waals surface area contributed by atoms with Gasteiger partial charge in [-0.1, -0.05) is 6.92 Å². The van der Waals surface area contributed by atoms with Gasteiger partial charge in [0.1, 0.15) is 0 Å². The second-order valence-corrected chi connectivity index (χ2v) is 6.86. The lowest BCUT2D eigenvalue weighted by atomic mass is 10.2. The van der Waals surface area contributed by atoms with Gasteiger partial charge < -0.3 is 15.0 Å². The molecule has 5 heteroatoms. The van der Waals surface area contributed by atoms with Gasteiger partial charge in [-0.15, -0.1) is 11.3 Å². The van der Waals surface area contributed by atoms with Crippen molar-refractivity contribution in [1.29, 1.82) is 0 Å². The highest BCUT2D eigenvalue weighted by Crippen LogP contribution is 2.31. The molecule has 1 saturated heterocycles. The molecule has 106 valence electrons. The minimum atomic E-state index is 0.627. The van der Waals surface area contributed by atoms with Crippen molar-refractivity contribution in [2.45, 2.75) is 45.4 Å². The molecule has 1 unspecified atom stereocenters. The van der Waals surface area contributed by atoms with Crippen molar-refractivity contribution in [2.24, 2.45) is 5.92 Å². The van der Waals surface area contributed by atoms with Crippen LogP contribution >= 0.6 is 11.3 Å². The fourth-order valence-electron chi connectivity index (χ4n) is 2.53. The number of methoxy groups -OCH3 is 1. The van der Waals surface area contributed by atoms with Crippen molar-refractivity contribution in [3.05, 3.63) is 10.6 Å². The zero-order chi connectivity index (χ0) is 13.2. The third kappa shape index (κ3) is 3.27. The summed E-state index contributed by atoms with van der Waals surface area (Å²) in [4.78, 5) is 8.57. The number of nitrogens with one attached hydrogen (secondary N) is 1. The number of thiazole rings is 1. The van der Waals surface area contributed by atoms with Crippen LogP contribution in [0.4, 0.5) is 5.13 Å². The Morgan fingerprint density at radius 1 is 1.42 bits per heavy atom. The predicted molar refractivity (Wildman–Crippen MR) is 78.7 cm³/mol. The lowest BCUT2D eigenvalue weighted by molar-refractivity contribution is 0.181. The zero-order valence-corrected chi connectivity index (χ0v) is 12.6. The van der Waals surface area contributed by atoms with Crippen LogP contribution in [0.3, 0.4) is 0 Å². The first-order chi connectivity index (χ1) is 9.26. The molecular formula is C14H23N3OS. The molecule has 4 nitrogen and oxygen atoms in total. The van der Waals surface area contributed by atoms with Crippen LogP contribution in [0.1, 0.15) is 36.8 Å². The monoisotopic (exact) mass is 281 g/mol. The highest BCUT2D eigenvalue weighted by atomic mass is 32.1. The molecule has 19 heavy (non-hydrogen) atoms. The molecule has 1 atom stereocenters. The maximum Gasteiger partial charge on any atom is 0.185 e. The predicted octanol–water partition coefficient (Wildman–Crippen LogP) is 2.39. The van der Waals surface area contributed by atoms with Gasteiger partial charge in [0.05, 0.1) is 12.3 Å². The van der Waals surface area contributed by atoms with Crippen LogP contribution in [0.15, 0.2) is 0 Å². The van der Waals surface area contributed by atoms with Gasteiger partial charge in [-0.05, 0) is 25.2 Å². The molecule has 1 aromatic rings. The van der Waals surface area contributed by atoms with E-state index in [4.69, 9.17) is 9.72 Å². The number of rotatable bonds is 6. The molecule has 0 bridgehead atoms. The van der Waals surface area contributed by atoms with E-state index in [0.717, 1.165) is 37.3 Å². The van der Waals surface area contributed by atoms with Crippen LogP contribution in [0, 0.1) is 5.92 Å². The van der Waals surface area contributed by atoms with Crippen molar-refractivity contribution in [3.63, 3.8) is 0 Å². The average molecular weight is 281 g/mol. The summed E-state index contributed by atoms with van der Waals surface area (Å²) in [6.07, 6.45) is 3.94. The van der Waals surface area contributed by atoms with Crippen LogP contribution in [-0.4, -0.2) is 31.2 Å². The first-order valence-corrected chi connectivity index (χ1v) is 8.03. The molecule has 1 aliphatic heterocycles. The van der Waals surface area contributed by atoms with E-state index in [1.165, 1.54) is 29.3 Å².